The van der Waals surface area contributed by atoms with Gasteiger partial charge < -0.3 is 10.6 Å². The molecule has 0 aromatic heterocycles. The topological polar surface area (TPSA) is 84.3 Å². The van der Waals surface area contributed by atoms with E-state index in [0.717, 1.165) is 32.0 Å². The number of amides is 1. The molecular weight excluding hydrogens is 265 g/mol. The Balaban J connectivity index is 1.88. The average molecular weight is 281 g/mol. The monoisotopic (exact) mass is 281 g/mol. The van der Waals surface area contributed by atoms with Crippen LogP contribution in [0.3, 0.4) is 0 Å². The molecule has 2 rings (SSSR count). The minimum atomic E-state index is -0.796. The summed E-state index contributed by atoms with van der Waals surface area (Å²) < 4.78 is 13.6. The molecule has 0 bridgehead atoms. The van der Waals surface area contributed by atoms with E-state index in [4.69, 9.17) is 0 Å². The Labute approximate surface area is 115 Å². The lowest BCUT2D eigenvalue weighted by molar-refractivity contribution is -0.385. The summed E-state index contributed by atoms with van der Waals surface area (Å²) in [4.78, 5) is 21.5. The van der Waals surface area contributed by atoms with E-state index in [2.05, 4.69) is 10.6 Å². The van der Waals surface area contributed by atoms with E-state index in [1.165, 1.54) is 12.1 Å². The van der Waals surface area contributed by atoms with Gasteiger partial charge in [0.1, 0.15) is 0 Å². The molecule has 1 unspecified atom stereocenters. The molecule has 2 N–H and O–H groups in total. The summed E-state index contributed by atoms with van der Waals surface area (Å²) in [6.07, 6.45) is 2.13. The Morgan fingerprint density at radius 1 is 1.55 bits per heavy atom. The Kier molecular flexibility index (Phi) is 4.62. The van der Waals surface area contributed by atoms with Gasteiger partial charge in [-0.3, -0.25) is 14.9 Å². The van der Waals surface area contributed by atoms with Crippen molar-refractivity contribution >= 4 is 17.3 Å². The normalized spacial score (nSPS) is 17.9. The molecule has 1 saturated heterocycles. The number of carbonyl (C=O) groups is 1. The highest BCUT2D eigenvalue weighted by molar-refractivity contribution is 5.90. The predicted molar refractivity (Wildman–Crippen MR) is 71.9 cm³/mol. The standard InChI is InChI=1S/C13H16FN3O3/c14-11-7-10(17(19)20)2-3-12(11)16-13(18)4-1-9-5-6-15-8-9/h2-3,7,9,15H,1,4-6,8H2,(H,16,18). The predicted octanol–water partition coefficient (Wildman–Crippen LogP) is 2.06. The summed E-state index contributed by atoms with van der Waals surface area (Å²) in [5, 5.41) is 16.1. The van der Waals surface area contributed by atoms with Crippen LogP contribution in [0.2, 0.25) is 0 Å². The Hall–Kier alpha value is -2.02. The molecule has 108 valence electrons. The highest BCUT2D eigenvalue weighted by Crippen LogP contribution is 2.21. The van der Waals surface area contributed by atoms with Gasteiger partial charge in [-0.2, -0.15) is 0 Å². The first-order chi connectivity index (χ1) is 9.56. The minimum absolute atomic E-state index is 0.0230. The Bertz CT molecular complexity index is 516. The first kappa shape index (κ1) is 14.4. The van der Waals surface area contributed by atoms with E-state index in [9.17, 15) is 19.3 Å². The number of hydrogen-bond donors (Lipinski definition) is 2. The molecule has 6 nitrogen and oxygen atoms in total. The number of non-ortho nitro benzene ring substituents is 1. The number of carbonyl (C=O) groups excluding carboxylic acids is 1. The lowest BCUT2D eigenvalue weighted by atomic mass is 10.0. The molecule has 20 heavy (non-hydrogen) atoms. The van der Waals surface area contributed by atoms with Crippen molar-refractivity contribution in [1.29, 1.82) is 0 Å². The second-order valence-electron chi connectivity index (χ2n) is 4.87. The zero-order chi connectivity index (χ0) is 14.5. The maximum atomic E-state index is 13.6. The maximum absolute atomic E-state index is 13.6. The molecule has 1 atom stereocenters. The van der Waals surface area contributed by atoms with Crippen molar-refractivity contribution in [1.82, 2.24) is 5.32 Å². The first-order valence-electron chi connectivity index (χ1n) is 6.51. The van der Waals surface area contributed by atoms with Crippen LogP contribution in [-0.2, 0) is 4.79 Å². The molecule has 1 fully saturated rings. The molecule has 0 spiro atoms. The SMILES string of the molecule is O=C(CCC1CCNC1)Nc1ccc([N+](=O)[O-])cc1F. The van der Waals surface area contributed by atoms with Crippen molar-refractivity contribution < 1.29 is 14.1 Å². The number of nitro groups is 1. The molecule has 1 aliphatic heterocycles. The molecule has 1 amide bonds. The number of halogens is 1. The number of hydrogen-bond acceptors (Lipinski definition) is 4. The fraction of sp³-hybridized carbons (Fsp3) is 0.462. The summed E-state index contributed by atoms with van der Waals surface area (Å²) in [5.41, 5.74) is -0.359. The van der Waals surface area contributed by atoms with Crippen molar-refractivity contribution in [2.75, 3.05) is 18.4 Å². The van der Waals surface area contributed by atoms with Gasteiger partial charge in [-0.1, -0.05) is 0 Å². The van der Waals surface area contributed by atoms with E-state index in [1.807, 2.05) is 0 Å². The highest BCUT2D eigenvalue weighted by Gasteiger charge is 2.17. The third kappa shape index (κ3) is 3.74. The van der Waals surface area contributed by atoms with E-state index < -0.39 is 10.7 Å². The van der Waals surface area contributed by atoms with Crippen molar-refractivity contribution in [3.63, 3.8) is 0 Å². The first-order valence-corrected chi connectivity index (χ1v) is 6.51. The van der Waals surface area contributed by atoms with Crippen LogP contribution in [-0.4, -0.2) is 23.9 Å². The molecule has 0 saturated carbocycles. The largest absolute Gasteiger partial charge is 0.324 e. The number of rotatable bonds is 5. The van der Waals surface area contributed by atoms with Crippen LogP contribution in [0.25, 0.3) is 0 Å². The molecule has 1 aromatic carbocycles. The van der Waals surface area contributed by atoms with Crippen LogP contribution in [0, 0.1) is 21.8 Å². The smallest absolute Gasteiger partial charge is 0.272 e. The summed E-state index contributed by atoms with van der Waals surface area (Å²) in [5.74, 6) is -0.581. The second-order valence-corrected chi connectivity index (χ2v) is 4.87. The highest BCUT2D eigenvalue weighted by atomic mass is 19.1. The number of anilines is 1. The van der Waals surface area contributed by atoms with Crippen molar-refractivity contribution in [2.45, 2.75) is 19.3 Å². The molecule has 1 aromatic rings. The van der Waals surface area contributed by atoms with Crippen molar-refractivity contribution in [3.05, 3.63) is 34.1 Å². The molecule has 7 heteroatoms. The number of nitro benzene ring substituents is 1. The van der Waals surface area contributed by atoms with Crippen LogP contribution in [0.4, 0.5) is 15.8 Å². The molecular formula is C13H16FN3O3. The fourth-order valence-electron chi connectivity index (χ4n) is 2.23. The lowest BCUT2D eigenvalue weighted by Crippen LogP contribution is -2.15. The summed E-state index contributed by atoms with van der Waals surface area (Å²) in [6.45, 7) is 1.89. The van der Waals surface area contributed by atoms with Gasteiger partial charge >= 0.3 is 0 Å². The Morgan fingerprint density at radius 3 is 2.95 bits per heavy atom. The average Bonchev–Trinajstić information content (AvgIpc) is 2.91. The number of benzene rings is 1. The summed E-state index contributed by atoms with van der Waals surface area (Å²) in [7, 11) is 0. The van der Waals surface area contributed by atoms with E-state index in [1.54, 1.807) is 0 Å². The van der Waals surface area contributed by atoms with Crippen LogP contribution < -0.4 is 10.6 Å². The quantitative estimate of drug-likeness (QED) is 0.639. The molecule has 1 heterocycles. The van der Waals surface area contributed by atoms with Crippen molar-refractivity contribution in [3.8, 4) is 0 Å². The minimum Gasteiger partial charge on any atom is -0.324 e. The van der Waals surface area contributed by atoms with Gasteiger partial charge in [-0.05, 0) is 37.9 Å². The summed E-state index contributed by atoms with van der Waals surface area (Å²) >= 11 is 0. The van der Waals surface area contributed by atoms with Crippen LogP contribution in [0.15, 0.2) is 18.2 Å². The van der Waals surface area contributed by atoms with Gasteiger partial charge in [0.25, 0.3) is 5.69 Å². The molecule has 0 radical (unpaired) electrons. The van der Waals surface area contributed by atoms with Crippen LogP contribution in [0.1, 0.15) is 19.3 Å². The second kappa shape index (κ2) is 6.42. The zero-order valence-corrected chi connectivity index (χ0v) is 10.9. The fourth-order valence-corrected chi connectivity index (χ4v) is 2.23. The van der Waals surface area contributed by atoms with Crippen LogP contribution in [0.5, 0.6) is 0 Å². The van der Waals surface area contributed by atoms with E-state index in [0.29, 0.717) is 12.3 Å². The number of nitrogens with zero attached hydrogens (tertiary/aromatic N) is 1. The van der Waals surface area contributed by atoms with E-state index in [-0.39, 0.29) is 17.3 Å². The van der Waals surface area contributed by atoms with E-state index >= 15 is 0 Å². The lowest BCUT2D eigenvalue weighted by Gasteiger charge is -2.09. The zero-order valence-electron chi connectivity index (χ0n) is 10.9. The van der Waals surface area contributed by atoms with Gasteiger partial charge in [0.15, 0.2) is 5.82 Å². The molecule has 0 aliphatic carbocycles. The Morgan fingerprint density at radius 2 is 2.35 bits per heavy atom. The number of nitrogens with one attached hydrogen (secondary N) is 2. The van der Waals surface area contributed by atoms with Crippen LogP contribution >= 0.6 is 0 Å². The van der Waals surface area contributed by atoms with Crippen molar-refractivity contribution in [2.24, 2.45) is 5.92 Å². The summed E-state index contributed by atoms with van der Waals surface area (Å²) in [6, 6.07) is 3.18. The van der Waals surface area contributed by atoms with Gasteiger partial charge in [0.05, 0.1) is 16.7 Å². The van der Waals surface area contributed by atoms with Gasteiger partial charge in [0.2, 0.25) is 5.91 Å². The van der Waals surface area contributed by atoms with Gasteiger partial charge in [0, 0.05) is 12.5 Å². The maximum Gasteiger partial charge on any atom is 0.272 e. The molecule has 1 aliphatic rings. The third-order valence-electron chi connectivity index (χ3n) is 3.38. The van der Waals surface area contributed by atoms with Gasteiger partial charge in [-0.15, -0.1) is 0 Å². The van der Waals surface area contributed by atoms with Gasteiger partial charge in [-0.25, -0.2) is 4.39 Å². The third-order valence-corrected chi connectivity index (χ3v) is 3.38.